The second kappa shape index (κ2) is 9.23. The molecular weight excluding hydrogens is 453 g/mol. The zero-order valence-corrected chi connectivity index (χ0v) is 20.0. The third-order valence-electron chi connectivity index (χ3n) is 6.26. The highest BCUT2D eigenvalue weighted by Gasteiger charge is 2.37. The van der Waals surface area contributed by atoms with Crippen LogP contribution in [0.2, 0.25) is 0 Å². The fourth-order valence-electron chi connectivity index (χ4n) is 4.45. The van der Waals surface area contributed by atoms with Gasteiger partial charge in [-0.3, -0.25) is 9.69 Å². The monoisotopic (exact) mass is 477 g/mol. The first-order valence-electron chi connectivity index (χ1n) is 11.2. The lowest BCUT2D eigenvalue weighted by atomic mass is 9.94. The molecule has 2 aliphatic rings. The van der Waals surface area contributed by atoms with Crippen LogP contribution in [0.15, 0.2) is 59.6 Å². The maximum atomic E-state index is 14.4. The van der Waals surface area contributed by atoms with E-state index in [2.05, 4.69) is 0 Å². The fourth-order valence-corrected chi connectivity index (χ4v) is 5.84. The molecule has 1 saturated heterocycles. The van der Waals surface area contributed by atoms with Crippen LogP contribution >= 0.6 is 24.0 Å². The van der Waals surface area contributed by atoms with Crippen LogP contribution in [0, 0.1) is 12.7 Å². The van der Waals surface area contributed by atoms with Crippen LogP contribution in [0.4, 0.5) is 4.39 Å². The molecule has 2 aromatic carbocycles. The Bertz CT molecular complexity index is 1250. The minimum Gasteiger partial charge on any atom is -0.290 e. The van der Waals surface area contributed by atoms with Crippen molar-refractivity contribution < 1.29 is 9.18 Å². The molecule has 0 radical (unpaired) electrons. The van der Waals surface area contributed by atoms with Crippen LogP contribution in [0.3, 0.4) is 0 Å². The number of aryl methyl sites for hydroxylation is 1. The molecule has 1 amide bonds. The number of rotatable bonds is 4. The Labute approximate surface area is 202 Å². The van der Waals surface area contributed by atoms with E-state index in [1.807, 2.05) is 48.7 Å². The molecule has 0 spiro atoms. The SMILES string of the molecule is Cc1ccc(-c2nn(-c3ccccc3)cc2/C=C2\SC(=S)N(C3CCCCC3)C2=O)cc1F. The van der Waals surface area contributed by atoms with Crippen molar-refractivity contribution in [2.75, 3.05) is 0 Å². The van der Waals surface area contributed by atoms with E-state index in [1.54, 1.807) is 22.6 Å². The normalized spacial score (nSPS) is 18.5. The lowest BCUT2D eigenvalue weighted by Gasteiger charge is -2.29. The first kappa shape index (κ1) is 22.0. The number of hydrogen-bond donors (Lipinski definition) is 0. The number of nitrogens with zero attached hydrogens (tertiary/aromatic N) is 3. The highest BCUT2D eigenvalue weighted by Crippen LogP contribution is 2.38. The number of para-hydroxylation sites is 1. The van der Waals surface area contributed by atoms with Crippen molar-refractivity contribution >= 4 is 40.3 Å². The van der Waals surface area contributed by atoms with Crippen LogP contribution in [0.25, 0.3) is 23.0 Å². The molecule has 0 bridgehead atoms. The van der Waals surface area contributed by atoms with Gasteiger partial charge in [0.15, 0.2) is 0 Å². The summed E-state index contributed by atoms with van der Waals surface area (Å²) in [5, 5.41) is 4.75. The highest BCUT2D eigenvalue weighted by molar-refractivity contribution is 8.26. The minimum atomic E-state index is -0.281. The van der Waals surface area contributed by atoms with Gasteiger partial charge in [-0.2, -0.15) is 5.10 Å². The van der Waals surface area contributed by atoms with Crippen LogP contribution in [0.1, 0.15) is 43.2 Å². The van der Waals surface area contributed by atoms with Gasteiger partial charge in [0, 0.05) is 23.4 Å². The quantitative estimate of drug-likeness (QED) is 0.317. The summed E-state index contributed by atoms with van der Waals surface area (Å²) in [6.07, 6.45) is 9.22. The molecule has 0 atom stereocenters. The lowest BCUT2D eigenvalue weighted by Crippen LogP contribution is -2.39. The van der Waals surface area contributed by atoms with E-state index < -0.39 is 0 Å². The van der Waals surface area contributed by atoms with Crippen LogP contribution in [-0.4, -0.2) is 30.9 Å². The summed E-state index contributed by atoms with van der Waals surface area (Å²) in [4.78, 5) is 15.7. The fraction of sp³-hybridized carbons (Fsp3) is 0.269. The number of hydrogen-bond acceptors (Lipinski definition) is 4. The first-order chi connectivity index (χ1) is 16.0. The van der Waals surface area contributed by atoms with E-state index in [0.717, 1.165) is 36.9 Å². The van der Waals surface area contributed by atoms with Gasteiger partial charge in [0.25, 0.3) is 5.91 Å². The van der Waals surface area contributed by atoms with E-state index in [1.165, 1.54) is 24.2 Å². The molecule has 1 aromatic heterocycles. The summed E-state index contributed by atoms with van der Waals surface area (Å²) in [6, 6.07) is 15.0. The van der Waals surface area contributed by atoms with Crippen molar-refractivity contribution in [1.29, 1.82) is 0 Å². The molecule has 1 aliphatic carbocycles. The average Bonchev–Trinajstić information content (AvgIpc) is 3.37. The van der Waals surface area contributed by atoms with Gasteiger partial charge in [0.05, 0.1) is 10.6 Å². The summed E-state index contributed by atoms with van der Waals surface area (Å²) in [6.45, 7) is 1.74. The van der Waals surface area contributed by atoms with Crippen molar-refractivity contribution in [1.82, 2.24) is 14.7 Å². The minimum absolute atomic E-state index is 0.0367. The van der Waals surface area contributed by atoms with Crippen molar-refractivity contribution in [3.8, 4) is 16.9 Å². The zero-order chi connectivity index (χ0) is 22.9. The van der Waals surface area contributed by atoms with Crippen molar-refractivity contribution in [2.45, 2.75) is 45.1 Å². The molecule has 5 rings (SSSR count). The van der Waals surface area contributed by atoms with Gasteiger partial charge in [-0.15, -0.1) is 0 Å². The van der Waals surface area contributed by atoms with Crippen molar-refractivity contribution in [3.05, 3.63) is 76.6 Å². The smallest absolute Gasteiger partial charge is 0.266 e. The third-order valence-corrected chi connectivity index (χ3v) is 7.59. The zero-order valence-electron chi connectivity index (χ0n) is 18.3. The Morgan fingerprint density at radius 1 is 1.12 bits per heavy atom. The highest BCUT2D eigenvalue weighted by atomic mass is 32.2. The number of benzene rings is 2. The Balaban J connectivity index is 1.56. The molecule has 1 aliphatic heterocycles. The second-order valence-corrected chi connectivity index (χ2v) is 10.2. The maximum absolute atomic E-state index is 14.4. The summed E-state index contributed by atoms with van der Waals surface area (Å²) >= 11 is 6.93. The molecule has 2 fully saturated rings. The van der Waals surface area contributed by atoms with E-state index in [0.29, 0.717) is 26.0 Å². The molecule has 3 aromatic rings. The van der Waals surface area contributed by atoms with Crippen molar-refractivity contribution in [2.24, 2.45) is 0 Å². The van der Waals surface area contributed by atoms with Gasteiger partial charge in [-0.05, 0) is 49.6 Å². The van der Waals surface area contributed by atoms with Crippen molar-refractivity contribution in [3.63, 3.8) is 0 Å². The molecular formula is C26H24FN3OS2. The standard InChI is InChI=1S/C26H24FN3OS2/c1-17-12-13-18(14-22(17)27)24-19(16-29(28-24)20-8-4-2-5-9-20)15-23-25(31)30(26(32)33-23)21-10-6-3-7-11-21/h2,4-5,8-9,12-16,21H,3,6-7,10-11H2,1H3/b23-15-. The van der Waals surface area contributed by atoms with Crippen LogP contribution < -0.4 is 0 Å². The summed E-state index contributed by atoms with van der Waals surface area (Å²) in [5.41, 5.74) is 3.52. The number of carbonyl (C=O) groups is 1. The number of halogens is 1. The van der Waals surface area contributed by atoms with Gasteiger partial charge in [-0.25, -0.2) is 9.07 Å². The van der Waals surface area contributed by atoms with Gasteiger partial charge in [-0.1, -0.05) is 73.6 Å². The van der Waals surface area contributed by atoms with Gasteiger partial charge in [0.2, 0.25) is 0 Å². The molecule has 168 valence electrons. The Kier molecular flexibility index (Phi) is 6.17. The molecule has 2 heterocycles. The molecule has 7 heteroatoms. The molecule has 0 N–H and O–H groups in total. The Morgan fingerprint density at radius 2 is 1.88 bits per heavy atom. The maximum Gasteiger partial charge on any atom is 0.266 e. The van der Waals surface area contributed by atoms with E-state index in [9.17, 15) is 9.18 Å². The average molecular weight is 478 g/mol. The first-order valence-corrected chi connectivity index (χ1v) is 12.4. The van der Waals surface area contributed by atoms with Crippen LogP contribution in [-0.2, 0) is 4.79 Å². The lowest BCUT2D eigenvalue weighted by molar-refractivity contribution is -0.124. The number of thioether (sulfide) groups is 1. The number of thiocarbonyl (C=S) groups is 1. The van der Waals surface area contributed by atoms with Gasteiger partial charge in [0.1, 0.15) is 15.8 Å². The predicted octanol–water partition coefficient (Wildman–Crippen LogP) is 6.52. The van der Waals surface area contributed by atoms with E-state index in [-0.39, 0.29) is 17.8 Å². The van der Waals surface area contributed by atoms with E-state index in [4.69, 9.17) is 17.3 Å². The second-order valence-electron chi connectivity index (χ2n) is 8.52. The van der Waals surface area contributed by atoms with Gasteiger partial charge >= 0.3 is 0 Å². The van der Waals surface area contributed by atoms with Gasteiger partial charge < -0.3 is 0 Å². The Hall–Kier alpha value is -2.77. The number of carbonyl (C=O) groups excluding carboxylic acids is 1. The summed E-state index contributed by atoms with van der Waals surface area (Å²) < 4.78 is 16.8. The molecule has 1 saturated carbocycles. The molecule has 0 unspecified atom stereocenters. The van der Waals surface area contributed by atoms with Crippen LogP contribution in [0.5, 0.6) is 0 Å². The summed E-state index contributed by atoms with van der Waals surface area (Å²) in [7, 11) is 0. The number of aromatic nitrogens is 2. The van der Waals surface area contributed by atoms with E-state index >= 15 is 0 Å². The summed E-state index contributed by atoms with van der Waals surface area (Å²) in [5.74, 6) is -0.318. The molecule has 33 heavy (non-hydrogen) atoms. The largest absolute Gasteiger partial charge is 0.290 e. The number of amides is 1. The molecule has 4 nitrogen and oxygen atoms in total. The predicted molar refractivity (Wildman–Crippen MR) is 136 cm³/mol. The topological polar surface area (TPSA) is 38.1 Å². The Morgan fingerprint density at radius 3 is 2.61 bits per heavy atom. The third kappa shape index (κ3) is 4.39.